The highest BCUT2D eigenvalue weighted by molar-refractivity contribution is 6.14. The zero-order chi connectivity index (χ0) is 14.3. The largest absolute Gasteiger partial charge is 0.348 e. The molecular formula is C17H31BO2. The maximum atomic E-state index is 6.38. The van der Waals surface area contributed by atoms with Crippen molar-refractivity contribution in [2.75, 3.05) is 13.2 Å². The minimum absolute atomic E-state index is 0.0585. The lowest BCUT2D eigenvalue weighted by Gasteiger charge is -2.29. The Kier molecular flexibility index (Phi) is 6.41. The van der Waals surface area contributed by atoms with E-state index in [-0.39, 0.29) is 11.1 Å². The molecule has 0 bridgehead atoms. The molecule has 1 saturated carbocycles. The number of rotatable bonds is 0. The minimum atomic E-state index is -0.230. The van der Waals surface area contributed by atoms with Gasteiger partial charge in [-0.2, -0.15) is 0 Å². The van der Waals surface area contributed by atoms with Crippen molar-refractivity contribution in [3.8, 4) is 0 Å². The predicted octanol–water partition coefficient (Wildman–Crippen LogP) is 4.77. The van der Waals surface area contributed by atoms with Gasteiger partial charge < -0.3 is 9.47 Å². The molecule has 1 heterocycles. The quantitative estimate of drug-likeness (QED) is 0.594. The molecule has 0 aromatic carbocycles. The van der Waals surface area contributed by atoms with Gasteiger partial charge in [0.2, 0.25) is 0 Å². The summed E-state index contributed by atoms with van der Waals surface area (Å²) in [5, 5.41) is 0.0585. The van der Waals surface area contributed by atoms with E-state index in [4.69, 9.17) is 17.3 Å². The molecule has 2 radical (unpaired) electrons. The average molecular weight is 278 g/mol. The van der Waals surface area contributed by atoms with Crippen molar-refractivity contribution in [1.82, 2.24) is 0 Å². The van der Waals surface area contributed by atoms with E-state index in [1.54, 1.807) is 0 Å². The normalized spacial score (nSPS) is 29.1. The van der Waals surface area contributed by atoms with Crippen LogP contribution < -0.4 is 0 Å². The van der Waals surface area contributed by atoms with E-state index in [9.17, 15) is 0 Å². The Balaban J connectivity index is 1.81. The van der Waals surface area contributed by atoms with Crippen LogP contribution >= 0.6 is 0 Å². The van der Waals surface area contributed by atoms with Gasteiger partial charge in [0.05, 0.1) is 21.1 Å². The standard InChI is InChI=1S/C17H31BO2/c1-16(18)10-6-2-4-8-12-17(19-14-15-20-17)13-9-5-3-7-11-16/h2-15H2,1H3. The minimum Gasteiger partial charge on any atom is -0.348 e. The summed E-state index contributed by atoms with van der Waals surface area (Å²) in [6.45, 7) is 3.80. The number of ether oxygens (including phenoxy) is 2. The average Bonchev–Trinajstić information content (AvgIpc) is 2.86. The maximum absolute atomic E-state index is 6.38. The Morgan fingerprint density at radius 3 is 1.50 bits per heavy atom. The maximum Gasteiger partial charge on any atom is 0.168 e. The van der Waals surface area contributed by atoms with Gasteiger partial charge in [-0.15, -0.1) is 0 Å². The highest BCUT2D eigenvalue weighted by Gasteiger charge is 2.35. The third kappa shape index (κ3) is 5.40. The fourth-order valence-corrected chi connectivity index (χ4v) is 3.59. The molecule has 1 spiro atoms. The van der Waals surface area contributed by atoms with Gasteiger partial charge >= 0.3 is 0 Å². The van der Waals surface area contributed by atoms with Gasteiger partial charge in [0, 0.05) is 12.8 Å². The molecule has 1 saturated heterocycles. The highest BCUT2D eigenvalue weighted by atomic mass is 16.7. The van der Waals surface area contributed by atoms with Crippen LogP contribution in [0.15, 0.2) is 0 Å². The monoisotopic (exact) mass is 278 g/mol. The Morgan fingerprint density at radius 2 is 1.05 bits per heavy atom. The zero-order valence-electron chi connectivity index (χ0n) is 13.3. The molecule has 0 atom stereocenters. The molecule has 2 nitrogen and oxygen atoms in total. The van der Waals surface area contributed by atoms with E-state index in [1.807, 2.05) is 0 Å². The summed E-state index contributed by atoms with van der Waals surface area (Å²) in [6, 6.07) is 0. The summed E-state index contributed by atoms with van der Waals surface area (Å²) in [5.74, 6) is -0.230. The highest BCUT2D eigenvalue weighted by Crippen LogP contribution is 2.36. The number of hydrogen-bond donors (Lipinski definition) is 0. The first-order valence-electron chi connectivity index (χ1n) is 8.69. The van der Waals surface area contributed by atoms with Gasteiger partial charge in [0.25, 0.3) is 0 Å². The first kappa shape index (κ1) is 16.4. The van der Waals surface area contributed by atoms with Crippen LogP contribution in [0.5, 0.6) is 0 Å². The molecule has 1 aliphatic heterocycles. The van der Waals surface area contributed by atoms with Crippen LogP contribution in [-0.2, 0) is 9.47 Å². The summed E-state index contributed by atoms with van der Waals surface area (Å²) in [5.41, 5.74) is 0. The molecule has 2 rings (SSSR count). The zero-order valence-corrected chi connectivity index (χ0v) is 13.3. The molecular weight excluding hydrogens is 247 g/mol. The van der Waals surface area contributed by atoms with Crippen molar-refractivity contribution < 1.29 is 9.47 Å². The van der Waals surface area contributed by atoms with Crippen molar-refractivity contribution in [2.45, 2.75) is 95.1 Å². The van der Waals surface area contributed by atoms with E-state index >= 15 is 0 Å². The molecule has 0 N–H and O–H groups in total. The van der Waals surface area contributed by atoms with E-state index < -0.39 is 0 Å². The molecule has 2 fully saturated rings. The van der Waals surface area contributed by atoms with Crippen molar-refractivity contribution >= 4 is 7.85 Å². The molecule has 0 unspecified atom stereocenters. The van der Waals surface area contributed by atoms with Gasteiger partial charge in [-0.25, -0.2) is 0 Å². The second kappa shape index (κ2) is 7.84. The van der Waals surface area contributed by atoms with Crippen LogP contribution in [0.4, 0.5) is 0 Å². The van der Waals surface area contributed by atoms with Crippen molar-refractivity contribution in [1.29, 1.82) is 0 Å². The van der Waals surface area contributed by atoms with Gasteiger partial charge in [-0.1, -0.05) is 63.6 Å². The molecule has 20 heavy (non-hydrogen) atoms. The summed E-state index contributed by atoms with van der Waals surface area (Å²) in [7, 11) is 6.38. The Bertz CT molecular complexity index is 252. The third-order valence-corrected chi connectivity index (χ3v) is 4.92. The molecule has 114 valence electrons. The lowest BCUT2D eigenvalue weighted by atomic mass is 9.64. The molecule has 1 aliphatic carbocycles. The number of hydrogen-bond acceptors (Lipinski definition) is 2. The van der Waals surface area contributed by atoms with Crippen LogP contribution in [0.3, 0.4) is 0 Å². The van der Waals surface area contributed by atoms with E-state index in [1.165, 1.54) is 64.2 Å². The molecule has 0 aromatic rings. The van der Waals surface area contributed by atoms with E-state index in [2.05, 4.69) is 6.92 Å². The van der Waals surface area contributed by atoms with Crippen LogP contribution in [0.25, 0.3) is 0 Å². The summed E-state index contributed by atoms with van der Waals surface area (Å²) < 4.78 is 11.9. The first-order chi connectivity index (χ1) is 9.62. The van der Waals surface area contributed by atoms with Crippen LogP contribution in [-0.4, -0.2) is 26.8 Å². The van der Waals surface area contributed by atoms with Crippen LogP contribution in [0, 0.1) is 0 Å². The van der Waals surface area contributed by atoms with Crippen molar-refractivity contribution in [3.63, 3.8) is 0 Å². The lowest BCUT2D eigenvalue weighted by Crippen LogP contribution is -2.30. The fourth-order valence-electron chi connectivity index (χ4n) is 3.59. The smallest absolute Gasteiger partial charge is 0.168 e. The lowest BCUT2D eigenvalue weighted by molar-refractivity contribution is -0.168. The Hall–Kier alpha value is -0.0151. The summed E-state index contributed by atoms with van der Waals surface area (Å²) in [4.78, 5) is 0. The fraction of sp³-hybridized carbons (Fsp3) is 1.00. The Labute approximate surface area is 126 Å². The van der Waals surface area contributed by atoms with E-state index in [0.29, 0.717) is 0 Å². The predicted molar refractivity (Wildman–Crippen MR) is 84.2 cm³/mol. The van der Waals surface area contributed by atoms with Crippen LogP contribution in [0.1, 0.15) is 84.0 Å². The SMILES string of the molecule is [B]C1(C)CCCCCCC2(CCCCCC1)OCCO2. The molecule has 3 heteroatoms. The summed E-state index contributed by atoms with van der Waals surface area (Å²) >= 11 is 0. The van der Waals surface area contributed by atoms with Gasteiger partial charge in [-0.3, -0.25) is 0 Å². The van der Waals surface area contributed by atoms with Crippen LogP contribution in [0.2, 0.25) is 5.31 Å². The summed E-state index contributed by atoms with van der Waals surface area (Å²) in [6.07, 6.45) is 14.6. The Morgan fingerprint density at radius 1 is 0.650 bits per heavy atom. The molecule has 0 aromatic heterocycles. The second-order valence-corrected chi connectivity index (χ2v) is 7.09. The third-order valence-electron chi connectivity index (χ3n) is 4.92. The van der Waals surface area contributed by atoms with Gasteiger partial charge in [-0.05, 0) is 12.8 Å². The molecule has 0 amide bonds. The van der Waals surface area contributed by atoms with Gasteiger partial charge in [0.15, 0.2) is 5.79 Å². The van der Waals surface area contributed by atoms with Crippen molar-refractivity contribution in [2.24, 2.45) is 0 Å². The van der Waals surface area contributed by atoms with Gasteiger partial charge in [0.1, 0.15) is 0 Å². The first-order valence-corrected chi connectivity index (χ1v) is 8.69. The topological polar surface area (TPSA) is 18.5 Å². The second-order valence-electron chi connectivity index (χ2n) is 7.09. The van der Waals surface area contributed by atoms with E-state index in [0.717, 1.165) is 26.1 Å². The van der Waals surface area contributed by atoms with Crippen molar-refractivity contribution in [3.05, 3.63) is 0 Å². The molecule has 2 aliphatic rings.